The molecule has 53 heavy (non-hydrogen) atoms. The van der Waals surface area contributed by atoms with Crippen molar-refractivity contribution in [3.05, 3.63) is 36.1 Å². The molecule has 1 aliphatic heterocycles. The van der Waals surface area contributed by atoms with Gasteiger partial charge in [-0.2, -0.15) is 0 Å². The van der Waals surface area contributed by atoms with E-state index in [9.17, 15) is 50.1 Å². The minimum atomic E-state index is -1.12. The summed E-state index contributed by atoms with van der Waals surface area (Å²) in [5.74, 6) is -1.73. The van der Waals surface area contributed by atoms with Crippen LogP contribution in [0.3, 0.4) is 0 Å². The van der Waals surface area contributed by atoms with Gasteiger partial charge in [-0.25, -0.2) is 0 Å². The molecule has 0 aromatic heterocycles. The van der Waals surface area contributed by atoms with Crippen LogP contribution in [0.5, 0.6) is 0 Å². The van der Waals surface area contributed by atoms with Crippen molar-refractivity contribution in [3.63, 3.8) is 0 Å². The van der Waals surface area contributed by atoms with Crippen LogP contribution in [0, 0.1) is 23.7 Å². The average Bonchev–Trinajstić information content (AvgIpc) is 3.68. The van der Waals surface area contributed by atoms with Crippen molar-refractivity contribution >= 4 is 17.7 Å². The van der Waals surface area contributed by atoms with Crippen LogP contribution in [0.25, 0.3) is 0 Å². The second kappa shape index (κ2) is 29.6. The Morgan fingerprint density at radius 1 is 0.736 bits per heavy atom. The first-order chi connectivity index (χ1) is 24.4. The second-order valence-electron chi connectivity index (χ2n) is 14.7. The van der Waals surface area contributed by atoms with E-state index in [4.69, 9.17) is 4.74 Å². The zero-order valence-corrected chi connectivity index (χ0v) is 36.8. The molecule has 1 saturated heterocycles. The van der Waals surface area contributed by atoms with Gasteiger partial charge in [-0.1, -0.05) is 76.7 Å². The Labute approximate surface area is 361 Å². The van der Waals surface area contributed by atoms with Gasteiger partial charge in [0.1, 0.15) is 11.9 Å². The summed E-state index contributed by atoms with van der Waals surface area (Å²) < 4.78 is 5.92. The van der Waals surface area contributed by atoms with Crippen molar-refractivity contribution < 1.29 is 114 Å². The van der Waals surface area contributed by atoms with E-state index in [0.29, 0.717) is 38.5 Å². The van der Waals surface area contributed by atoms with Crippen LogP contribution in [-0.2, 0) is 19.1 Å². The Kier molecular flexibility index (Phi) is 29.3. The predicted molar refractivity (Wildman–Crippen MR) is 189 cm³/mol. The summed E-state index contributed by atoms with van der Waals surface area (Å²) in [6.45, 7) is 4.24. The number of aliphatic carboxylic acids is 2. The van der Waals surface area contributed by atoms with Crippen molar-refractivity contribution in [2.24, 2.45) is 23.7 Å². The van der Waals surface area contributed by atoms with Gasteiger partial charge >= 0.3 is 59.1 Å². The van der Waals surface area contributed by atoms with Crippen LogP contribution in [-0.4, -0.2) is 79.9 Å². The monoisotopic (exact) mass is 766 g/mol. The summed E-state index contributed by atoms with van der Waals surface area (Å²) >= 11 is 0. The molecule has 13 heteroatoms. The molecule has 0 spiro atoms. The summed E-state index contributed by atoms with van der Waals surface area (Å²) in [6.07, 6.45) is 18.2. The normalized spacial score (nSPS) is 28.1. The summed E-state index contributed by atoms with van der Waals surface area (Å²) in [7, 11) is 0. The predicted octanol–water partition coefficient (Wildman–Crippen LogP) is -2.81. The first-order valence-corrected chi connectivity index (χ1v) is 19.4. The van der Waals surface area contributed by atoms with E-state index < -0.39 is 42.5 Å². The number of aliphatic hydroxyl groups is 5. The van der Waals surface area contributed by atoms with Gasteiger partial charge in [0, 0.05) is 67.7 Å². The number of allylic oxidation sites excluding steroid dienone is 2. The van der Waals surface area contributed by atoms with Gasteiger partial charge in [0.05, 0.1) is 36.3 Å². The number of carbonyl (C=O) groups excluding carboxylic acids is 3. The smallest absolute Gasteiger partial charge is 0.550 e. The molecule has 3 aliphatic rings. The molecular formula is C40H64Na2O11. The number of ether oxygens (including phenoxy) is 1. The molecule has 2 saturated carbocycles. The number of hydrogen-bond acceptors (Lipinski definition) is 11. The van der Waals surface area contributed by atoms with Gasteiger partial charge in [-0.3, -0.25) is 4.79 Å². The molecule has 11 nitrogen and oxygen atoms in total. The van der Waals surface area contributed by atoms with E-state index in [1.54, 1.807) is 12.2 Å². The van der Waals surface area contributed by atoms with E-state index in [1.165, 1.54) is 0 Å². The number of unbranched alkanes of at least 4 members (excludes halogenated alkanes) is 6. The summed E-state index contributed by atoms with van der Waals surface area (Å²) in [4.78, 5) is 32.9. The van der Waals surface area contributed by atoms with Crippen molar-refractivity contribution in [2.45, 2.75) is 172 Å². The van der Waals surface area contributed by atoms with Gasteiger partial charge in [0.15, 0.2) is 0 Å². The third kappa shape index (κ3) is 21.0. The molecule has 0 amide bonds. The molecule has 3 rings (SSSR count). The minimum absolute atomic E-state index is 0. The number of fused-ring (bicyclic) bond motifs is 1. The molecule has 0 bridgehead atoms. The minimum Gasteiger partial charge on any atom is -0.550 e. The first-order valence-electron chi connectivity index (χ1n) is 19.4. The van der Waals surface area contributed by atoms with Gasteiger partial charge in [-0.05, 0) is 57.4 Å². The average molecular weight is 767 g/mol. The van der Waals surface area contributed by atoms with Crippen molar-refractivity contribution in [3.8, 4) is 0 Å². The van der Waals surface area contributed by atoms with E-state index in [-0.39, 0.29) is 127 Å². The van der Waals surface area contributed by atoms with Crippen LogP contribution in [0.15, 0.2) is 36.1 Å². The molecule has 0 aromatic rings. The zero-order chi connectivity index (χ0) is 37.8. The maximum atomic E-state index is 12.1. The van der Waals surface area contributed by atoms with Crippen LogP contribution >= 0.6 is 0 Å². The Morgan fingerprint density at radius 2 is 1.26 bits per heavy atom. The standard InChI is InChI=1S/C20H34O6.C20H32O5.2Na/c1-2-3-4-7-14(21)10-11-16-17(19(24)13-18(16)23)12-15(22)8-5-6-9-20(25)26;1-2-3-4-7-14(21)10-11-16-17-12-15(8-5-6-9-20(23)24)25-19(17)13-18(16)22;;/h10-11,14,16-19,21,23-24H,2-9,12-13H2,1H3,(H,25,26);8,10-11,14,16-19,21-22H,2-7,9,12-13H2,1H3,(H,23,24);;/q;;2*+1/p-2/b11-10+;11-10+,15-8-;;/t14-,16?,17+,18+,19-;14-,16?,17+,18+,19?;;/m00../s1. The molecule has 3 unspecified atom stereocenters. The van der Waals surface area contributed by atoms with Gasteiger partial charge in [-0.15, -0.1) is 0 Å². The summed E-state index contributed by atoms with van der Waals surface area (Å²) in [6, 6.07) is 0. The zero-order valence-electron chi connectivity index (χ0n) is 32.8. The van der Waals surface area contributed by atoms with E-state index in [1.807, 2.05) is 18.2 Å². The quantitative estimate of drug-likeness (QED) is 0.0408. The van der Waals surface area contributed by atoms with Gasteiger partial charge < -0.3 is 50.1 Å². The van der Waals surface area contributed by atoms with E-state index >= 15 is 0 Å². The topological polar surface area (TPSA) is 208 Å². The maximum absolute atomic E-state index is 12.1. The van der Waals surface area contributed by atoms with Crippen LogP contribution in [0.2, 0.25) is 0 Å². The Hall–Kier alpha value is -0.570. The summed E-state index contributed by atoms with van der Waals surface area (Å²) in [5.41, 5.74) is 0. The number of aliphatic hydroxyl groups excluding tert-OH is 5. The van der Waals surface area contributed by atoms with Gasteiger partial charge in [0.25, 0.3) is 0 Å². The van der Waals surface area contributed by atoms with E-state index in [2.05, 4.69) is 13.8 Å². The SMILES string of the molecule is CCCCC[C@H](O)/C=C/C1[C@H](O)C[C@H](O)[C@@H]1CC(=O)CCCCC(=O)[O-].CCCCC[C@H](O)/C=C/C1[C@H]2C/C(=C/CCCC(=O)[O-])OC2C[C@H]1O.[Na+].[Na+]. The van der Waals surface area contributed by atoms with Gasteiger partial charge in [0.2, 0.25) is 0 Å². The fraction of sp³-hybridized carbons (Fsp3) is 0.775. The number of Topliss-reactive ketones (excluding diaryl/α,β-unsaturated/α-hetero) is 1. The molecule has 292 valence electrons. The molecule has 1 heterocycles. The number of ketones is 1. The molecule has 3 fully saturated rings. The van der Waals surface area contributed by atoms with Crippen LogP contribution < -0.4 is 69.3 Å². The molecule has 2 aliphatic carbocycles. The number of carbonyl (C=O) groups is 3. The third-order valence-electron chi connectivity index (χ3n) is 10.4. The fourth-order valence-corrected chi connectivity index (χ4v) is 7.43. The maximum Gasteiger partial charge on any atom is 1.00 e. The van der Waals surface area contributed by atoms with Crippen molar-refractivity contribution in [1.29, 1.82) is 0 Å². The van der Waals surface area contributed by atoms with Crippen LogP contribution in [0.1, 0.15) is 136 Å². The van der Waals surface area contributed by atoms with Crippen LogP contribution in [0.4, 0.5) is 0 Å². The van der Waals surface area contributed by atoms with E-state index in [0.717, 1.165) is 57.1 Å². The number of carboxylic acids is 2. The molecule has 0 aromatic carbocycles. The number of hydrogen-bond donors (Lipinski definition) is 5. The van der Waals surface area contributed by atoms with Crippen molar-refractivity contribution in [1.82, 2.24) is 0 Å². The molecule has 5 N–H and O–H groups in total. The number of carboxylic acid groups (broad SMARTS) is 2. The Balaban J connectivity index is 0.000000984. The third-order valence-corrected chi connectivity index (χ3v) is 10.4. The van der Waals surface area contributed by atoms with Crippen molar-refractivity contribution in [2.75, 3.05) is 0 Å². The molecule has 0 radical (unpaired) electrons. The molecular weight excluding hydrogens is 702 g/mol. The largest absolute Gasteiger partial charge is 1.00 e. The fourth-order valence-electron chi connectivity index (χ4n) is 7.43. The summed E-state index contributed by atoms with van der Waals surface area (Å²) in [5, 5.41) is 71.4. The first kappa shape index (κ1) is 52.4. The molecule has 10 atom stereocenters. The number of rotatable bonds is 23. The Morgan fingerprint density at radius 3 is 1.83 bits per heavy atom. The second-order valence-corrected chi connectivity index (χ2v) is 14.7. The Bertz CT molecular complexity index is 1130.